The maximum absolute atomic E-state index is 12.9. The van der Waals surface area contributed by atoms with Crippen molar-refractivity contribution >= 4 is 21.6 Å². The van der Waals surface area contributed by atoms with E-state index in [4.69, 9.17) is 14.6 Å². The van der Waals surface area contributed by atoms with Crippen molar-refractivity contribution < 1.29 is 27.8 Å². The summed E-state index contributed by atoms with van der Waals surface area (Å²) >= 11 is 0. The van der Waals surface area contributed by atoms with Gasteiger partial charge < -0.3 is 19.9 Å². The Hall–Kier alpha value is -3.56. The number of sulfonamides is 1. The molecule has 36 heavy (non-hydrogen) atoms. The van der Waals surface area contributed by atoms with Crippen molar-refractivity contribution in [1.29, 1.82) is 0 Å². The number of rotatable bonds is 5. The van der Waals surface area contributed by atoms with Crippen molar-refractivity contribution in [2.45, 2.75) is 43.2 Å². The highest BCUT2D eigenvalue weighted by molar-refractivity contribution is 7.92. The molecule has 0 saturated heterocycles. The molecule has 0 unspecified atom stereocenters. The number of fused-ring (bicyclic) bond motifs is 5. The Labute approximate surface area is 211 Å². The molecule has 0 fully saturated rings. The van der Waals surface area contributed by atoms with Gasteiger partial charge in [-0.1, -0.05) is 23.8 Å². The summed E-state index contributed by atoms with van der Waals surface area (Å²) in [6.07, 6.45) is 1.54. The third-order valence-electron chi connectivity index (χ3n) is 6.51. The number of nitrogens with one attached hydrogen (secondary N) is 2. The molecule has 3 aromatic carbocycles. The van der Waals surface area contributed by atoms with Gasteiger partial charge in [-0.15, -0.1) is 0 Å². The average Bonchev–Trinajstić information content (AvgIpc) is 3.18. The summed E-state index contributed by atoms with van der Waals surface area (Å²) in [6.45, 7) is 3.37. The van der Waals surface area contributed by atoms with Crippen LogP contribution in [-0.4, -0.2) is 33.7 Å². The lowest BCUT2D eigenvalue weighted by Crippen LogP contribution is -2.53. The minimum atomic E-state index is -3.75. The molecule has 3 aromatic rings. The van der Waals surface area contributed by atoms with E-state index in [1.54, 1.807) is 49.6 Å². The molecule has 1 heterocycles. The number of hydrogen-bond acceptors (Lipinski definition) is 6. The Balaban J connectivity index is 0.00000148. The first-order valence-corrected chi connectivity index (χ1v) is 13.0. The monoisotopic (exact) mass is 510 g/mol. The fourth-order valence-electron chi connectivity index (χ4n) is 4.96. The number of amides is 1. The van der Waals surface area contributed by atoms with Crippen LogP contribution in [0.1, 0.15) is 41.5 Å². The van der Waals surface area contributed by atoms with Gasteiger partial charge in [0, 0.05) is 30.8 Å². The molecule has 0 aromatic heterocycles. The quantitative estimate of drug-likeness (QED) is 0.481. The van der Waals surface area contributed by atoms with Gasteiger partial charge in [0.05, 0.1) is 17.9 Å². The number of carbonyl (C=O) groups is 1. The SMILES string of the molecule is CO.COc1ccc2c(c1)[C@@]1(NC(C)=O)Oc3ccc(NS(=O)(=O)c4ccc(C)cc4)cc3[C@H]1CC2. The van der Waals surface area contributed by atoms with Gasteiger partial charge in [0.15, 0.2) is 0 Å². The lowest BCUT2D eigenvalue weighted by atomic mass is 9.74. The Morgan fingerprint density at radius 3 is 2.47 bits per heavy atom. The van der Waals surface area contributed by atoms with E-state index in [-0.39, 0.29) is 16.7 Å². The fraction of sp³-hybridized carbons (Fsp3) is 0.296. The van der Waals surface area contributed by atoms with E-state index < -0.39 is 15.7 Å². The zero-order valence-electron chi connectivity index (χ0n) is 20.7. The highest BCUT2D eigenvalue weighted by Gasteiger charge is 2.53. The molecule has 1 aliphatic heterocycles. The minimum absolute atomic E-state index is 0.185. The van der Waals surface area contributed by atoms with Gasteiger partial charge in [-0.3, -0.25) is 9.52 Å². The van der Waals surface area contributed by atoms with Crippen LogP contribution < -0.4 is 19.5 Å². The number of carbonyl (C=O) groups excluding carboxylic acids is 1. The summed E-state index contributed by atoms with van der Waals surface area (Å²) in [5.41, 5.74) is 3.14. The summed E-state index contributed by atoms with van der Waals surface area (Å²) in [5, 5.41) is 10.1. The molecule has 190 valence electrons. The largest absolute Gasteiger partial charge is 0.497 e. The normalized spacial score (nSPS) is 19.4. The Kier molecular flexibility index (Phi) is 6.97. The van der Waals surface area contributed by atoms with Crippen molar-refractivity contribution in [1.82, 2.24) is 5.32 Å². The molecule has 0 spiro atoms. The second kappa shape index (κ2) is 9.83. The van der Waals surface area contributed by atoms with Crippen LogP contribution in [0.25, 0.3) is 0 Å². The second-order valence-corrected chi connectivity index (χ2v) is 10.5. The molecule has 1 amide bonds. The molecule has 0 radical (unpaired) electrons. The molecule has 3 N–H and O–H groups in total. The molecule has 0 bridgehead atoms. The third kappa shape index (κ3) is 4.52. The smallest absolute Gasteiger partial charge is 0.261 e. The number of anilines is 1. The van der Waals surface area contributed by atoms with Crippen molar-refractivity contribution in [3.8, 4) is 11.5 Å². The van der Waals surface area contributed by atoms with E-state index >= 15 is 0 Å². The van der Waals surface area contributed by atoms with Gasteiger partial charge in [-0.25, -0.2) is 8.42 Å². The van der Waals surface area contributed by atoms with Crippen LogP contribution >= 0.6 is 0 Å². The van der Waals surface area contributed by atoms with Crippen LogP contribution in [0.3, 0.4) is 0 Å². The number of aliphatic hydroxyl groups is 1. The van der Waals surface area contributed by atoms with Gasteiger partial charge >= 0.3 is 0 Å². The predicted octanol–water partition coefficient (Wildman–Crippen LogP) is 3.82. The number of benzene rings is 3. The number of methoxy groups -OCH3 is 1. The first kappa shape index (κ1) is 25.5. The van der Waals surface area contributed by atoms with Gasteiger partial charge in [0.25, 0.3) is 10.0 Å². The van der Waals surface area contributed by atoms with Gasteiger partial charge in [-0.2, -0.15) is 0 Å². The highest BCUT2D eigenvalue weighted by Crippen LogP contribution is 2.55. The molecule has 0 saturated carbocycles. The molecule has 2 aliphatic rings. The van der Waals surface area contributed by atoms with Crippen LogP contribution in [0.15, 0.2) is 65.6 Å². The van der Waals surface area contributed by atoms with Gasteiger partial charge in [-0.05, 0) is 67.8 Å². The number of aliphatic hydroxyl groups excluding tert-OH is 1. The molecular weight excluding hydrogens is 480 g/mol. The van der Waals surface area contributed by atoms with Crippen LogP contribution in [0.4, 0.5) is 5.69 Å². The Bertz CT molecular complexity index is 1390. The average molecular weight is 511 g/mol. The summed E-state index contributed by atoms with van der Waals surface area (Å²) in [5.74, 6) is 0.895. The summed E-state index contributed by atoms with van der Waals surface area (Å²) in [4.78, 5) is 12.5. The highest BCUT2D eigenvalue weighted by atomic mass is 32.2. The molecule has 2 atom stereocenters. The van der Waals surface area contributed by atoms with E-state index in [2.05, 4.69) is 10.0 Å². The third-order valence-corrected chi connectivity index (χ3v) is 7.91. The summed E-state index contributed by atoms with van der Waals surface area (Å²) < 4.78 is 40.4. The van der Waals surface area contributed by atoms with E-state index in [0.717, 1.165) is 42.2 Å². The van der Waals surface area contributed by atoms with E-state index in [0.29, 0.717) is 17.2 Å². The zero-order valence-corrected chi connectivity index (χ0v) is 21.5. The maximum Gasteiger partial charge on any atom is 0.261 e. The van der Waals surface area contributed by atoms with Crippen LogP contribution in [0.5, 0.6) is 11.5 Å². The number of aryl methyl sites for hydroxylation is 2. The van der Waals surface area contributed by atoms with Crippen molar-refractivity contribution in [3.63, 3.8) is 0 Å². The predicted molar refractivity (Wildman–Crippen MR) is 137 cm³/mol. The number of hydrogen-bond donors (Lipinski definition) is 3. The summed E-state index contributed by atoms with van der Waals surface area (Å²) in [6, 6.07) is 17.7. The lowest BCUT2D eigenvalue weighted by Gasteiger charge is -2.40. The van der Waals surface area contributed by atoms with Crippen molar-refractivity contribution in [2.75, 3.05) is 18.9 Å². The minimum Gasteiger partial charge on any atom is -0.497 e. The Morgan fingerprint density at radius 1 is 1.08 bits per heavy atom. The second-order valence-electron chi connectivity index (χ2n) is 8.80. The molecule has 5 rings (SSSR count). The lowest BCUT2D eigenvalue weighted by molar-refractivity contribution is -0.126. The van der Waals surface area contributed by atoms with Crippen molar-refractivity contribution in [3.05, 3.63) is 82.9 Å². The standard InChI is InChI=1S/C26H26N2O5S.CH4O/c1-16-4-10-21(11-5-16)34(30,31)28-19-8-13-25-22(14-19)23-12-7-18-6-9-20(32-3)15-24(18)26(23,33-25)27-17(2)29;1-2/h4-6,8-11,13-15,23,28H,7,12H2,1-3H3,(H,27,29);2H,1H3/t23-,26+;/m1./s1. The van der Waals surface area contributed by atoms with Crippen LogP contribution in [0.2, 0.25) is 0 Å². The topological polar surface area (TPSA) is 114 Å². The molecular formula is C27H30N2O6S. The maximum atomic E-state index is 12.9. The first-order valence-electron chi connectivity index (χ1n) is 11.6. The van der Waals surface area contributed by atoms with Gasteiger partial charge in [0.2, 0.25) is 11.6 Å². The van der Waals surface area contributed by atoms with E-state index in [1.807, 2.05) is 25.1 Å². The van der Waals surface area contributed by atoms with E-state index in [1.165, 1.54) is 6.92 Å². The first-order chi connectivity index (χ1) is 17.2. The molecule has 8 nitrogen and oxygen atoms in total. The summed E-state index contributed by atoms with van der Waals surface area (Å²) in [7, 11) is -1.14. The molecule has 9 heteroatoms. The van der Waals surface area contributed by atoms with Crippen LogP contribution in [-0.2, 0) is 27.0 Å². The van der Waals surface area contributed by atoms with Crippen molar-refractivity contribution in [2.24, 2.45) is 0 Å². The zero-order chi connectivity index (χ0) is 26.1. The fourth-order valence-corrected chi connectivity index (χ4v) is 6.01. The Morgan fingerprint density at radius 2 is 1.81 bits per heavy atom. The van der Waals surface area contributed by atoms with Gasteiger partial charge in [0.1, 0.15) is 11.5 Å². The number of ether oxygens (including phenoxy) is 2. The molecule has 1 aliphatic carbocycles. The van der Waals surface area contributed by atoms with E-state index in [9.17, 15) is 13.2 Å². The van der Waals surface area contributed by atoms with Crippen LogP contribution in [0, 0.1) is 6.92 Å².